The van der Waals surface area contributed by atoms with Crippen LogP contribution in [-0.2, 0) is 14.3 Å². The Morgan fingerprint density at radius 1 is 1.27 bits per heavy atom. The first kappa shape index (κ1) is 11.8. The molecule has 0 aromatic heterocycles. The minimum atomic E-state index is -0.479. The summed E-state index contributed by atoms with van der Waals surface area (Å²) < 4.78 is 9.33. The summed E-state index contributed by atoms with van der Waals surface area (Å²) in [6.07, 6.45) is 1.85. The second kappa shape index (κ2) is 5.00. The van der Waals surface area contributed by atoms with Crippen LogP contribution in [0.3, 0.4) is 0 Å². The number of hydrogen-bond acceptors (Lipinski definition) is 4. The van der Waals surface area contributed by atoms with E-state index < -0.39 is 12.1 Å². The Bertz CT molecular complexity index is 254. The van der Waals surface area contributed by atoms with Crippen molar-refractivity contribution in [3.05, 3.63) is 0 Å². The van der Waals surface area contributed by atoms with Gasteiger partial charge in [0.2, 0.25) is 0 Å². The molecule has 1 aliphatic heterocycles. The highest BCUT2D eigenvalue weighted by molar-refractivity contribution is 5.82. The standard InChI is InChI=1S/C10H17NO4/c1-4-7-5-6-8(9(12)14-2)11(7)10(13)15-3/h7-8H,4-6H2,1-3H3/t7-,8-/m0/s1. The molecule has 0 aliphatic carbocycles. The Morgan fingerprint density at radius 2 is 1.93 bits per heavy atom. The molecule has 15 heavy (non-hydrogen) atoms. The van der Waals surface area contributed by atoms with Crippen LogP contribution in [0.4, 0.5) is 4.79 Å². The zero-order valence-corrected chi connectivity index (χ0v) is 9.36. The summed E-state index contributed by atoms with van der Waals surface area (Å²) >= 11 is 0. The molecule has 1 saturated heterocycles. The smallest absolute Gasteiger partial charge is 0.410 e. The van der Waals surface area contributed by atoms with E-state index in [0.29, 0.717) is 6.42 Å². The van der Waals surface area contributed by atoms with Crippen LogP contribution in [0.2, 0.25) is 0 Å². The van der Waals surface area contributed by atoms with Crippen molar-refractivity contribution in [2.45, 2.75) is 38.3 Å². The predicted octanol–water partition coefficient (Wildman–Crippen LogP) is 1.17. The fourth-order valence-electron chi connectivity index (χ4n) is 2.03. The molecule has 1 rings (SSSR count). The van der Waals surface area contributed by atoms with Gasteiger partial charge in [-0.2, -0.15) is 0 Å². The SMILES string of the molecule is CC[C@H]1CC[C@@H](C(=O)OC)N1C(=O)OC. The molecule has 0 saturated carbocycles. The Kier molecular flexibility index (Phi) is 3.94. The molecule has 5 nitrogen and oxygen atoms in total. The second-order valence-corrected chi connectivity index (χ2v) is 3.56. The van der Waals surface area contributed by atoms with Crippen molar-refractivity contribution < 1.29 is 19.1 Å². The van der Waals surface area contributed by atoms with Gasteiger partial charge in [-0.05, 0) is 19.3 Å². The van der Waals surface area contributed by atoms with Crippen LogP contribution >= 0.6 is 0 Å². The fourth-order valence-corrected chi connectivity index (χ4v) is 2.03. The number of rotatable bonds is 2. The summed E-state index contributed by atoms with van der Waals surface area (Å²) in [7, 11) is 2.65. The monoisotopic (exact) mass is 215 g/mol. The van der Waals surface area contributed by atoms with Crippen LogP contribution in [-0.4, -0.2) is 43.3 Å². The van der Waals surface area contributed by atoms with Gasteiger partial charge in [-0.1, -0.05) is 6.92 Å². The molecule has 0 spiro atoms. The molecule has 1 heterocycles. The Morgan fingerprint density at radius 3 is 2.40 bits per heavy atom. The van der Waals surface area contributed by atoms with E-state index in [1.165, 1.54) is 19.1 Å². The number of carbonyl (C=O) groups excluding carboxylic acids is 2. The van der Waals surface area contributed by atoms with E-state index in [4.69, 9.17) is 0 Å². The summed E-state index contributed by atoms with van der Waals surface area (Å²) in [5.41, 5.74) is 0. The number of hydrogen-bond donors (Lipinski definition) is 0. The average molecular weight is 215 g/mol. The van der Waals surface area contributed by atoms with Gasteiger partial charge in [0.1, 0.15) is 6.04 Å². The van der Waals surface area contributed by atoms with Crippen LogP contribution in [0, 0.1) is 0 Å². The lowest BCUT2D eigenvalue weighted by Crippen LogP contribution is -2.45. The number of esters is 1. The zero-order valence-electron chi connectivity index (χ0n) is 9.36. The maximum absolute atomic E-state index is 11.5. The van der Waals surface area contributed by atoms with Crippen LogP contribution < -0.4 is 0 Å². The summed E-state index contributed by atoms with van der Waals surface area (Å²) in [4.78, 5) is 24.4. The maximum atomic E-state index is 11.5. The molecule has 0 unspecified atom stereocenters. The molecule has 0 N–H and O–H groups in total. The van der Waals surface area contributed by atoms with E-state index >= 15 is 0 Å². The third kappa shape index (κ3) is 2.22. The molecule has 1 aliphatic rings. The first-order chi connectivity index (χ1) is 7.15. The van der Waals surface area contributed by atoms with Gasteiger partial charge < -0.3 is 9.47 Å². The minimum absolute atomic E-state index is 0.0848. The number of nitrogens with zero attached hydrogens (tertiary/aromatic N) is 1. The molecule has 0 bridgehead atoms. The van der Waals surface area contributed by atoms with Crippen LogP contribution in [0.15, 0.2) is 0 Å². The van der Waals surface area contributed by atoms with E-state index in [-0.39, 0.29) is 12.0 Å². The van der Waals surface area contributed by atoms with Crippen molar-refractivity contribution in [3.8, 4) is 0 Å². The molecule has 5 heteroatoms. The van der Waals surface area contributed by atoms with E-state index in [2.05, 4.69) is 9.47 Å². The highest BCUT2D eigenvalue weighted by Crippen LogP contribution is 2.27. The van der Waals surface area contributed by atoms with Gasteiger partial charge in [0.25, 0.3) is 0 Å². The molecular formula is C10H17NO4. The van der Waals surface area contributed by atoms with E-state index in [9.17, 15) is 9.59 Å². The highest BCUT2D eigenvalue weighted by atomic mass is 16.5. The number of methoxy groups -OCH3 is 2. The number of likely N-dealkylation sites (tertiary alicyclic amines) is 1. The van der Waals surface area contributed by atoms with Crippen molar-refractivity contribution in [1.29, 1.82) is 0 Å². The molecule has 1 amide bonds. The molecular weight excluding hydrogens is 198 g/mol. The van der Waals surface area contributed by atoms with Gasteiger partial charge >= 0.3 is 12.1 Å². The average Bonchev–Trinajstić information content (AvgIpc) is 2.70. The molecule has 0 radical (unpaired) electrons. The molecule has 0 aromatic carbocycles. The molecule has 1 fully saturated rings. The van der Waals surface area contributed by atoms with Gasteiger partial charge in [-0.3, -0.25) is 4.90 Å². The molecule has 2 atom stereocenters. The van der Waals surface area contributed by atoms with E-state index in [1.807, 2.05) is 6.92 Å². The number of amides is 1. The predicted molar refractivity (Wildman–Crippen MR) is 53.4 cm³/mol. The van der Waals surface area contributed by atoms with Crippen molar-refractivity contribution in [2.24, 2.45) is 0 Å². The van der Waals surface area contributed by atoms with Crippen LogP contribution in [0.25, 0.3) is 0 Å². The van der Waals surface area contributed by atoms with Crippen molar-refractivity contribution in [1.82, 2.24) is 4.90 Å². The lowest BCUT2D eigenvalue weighted by atomic mass is 10.1. The van der Waals surface area contributed by atoms with Crippen molar-refractivity contribution >= 4 is 12.1 Å². The van der Waals surface area contributed by atoms with Gasteiger partial charge in [0.15, 0.2) is 0 Å². The first-order valence-electron chi connectivity index (χ1n) is 5.09. The highest BCUT2D eigenvalue weighted by Gasteiger charge is 2.41. The Labute approximate surface area is 89.3 Å². The van der Waals surface area contributed by atoms with Crippen molar-refractivity contribution in [3.63, 3.8) is 0 Å². The summed E-state index contributed by atoms with van der Waals surface area (Å²) in [6.45, 7) is 1.99. The van der Waals surface area contributed by atoms with Crippen molar-refractivity contribution in [2.75, 3.05) is 14.2 Å². The van der Waals surface area contributed by atoms with Gasteiger partial charge in [0.05, 0.1) is 14.2 Å². The summed E-state index contributed by atoms with van der Waals surface area (Å²) in [5, 5.41) is 0. The first-order valence-corrected chi connectivity index (χ1v) is 5.09. The largest absolute Gasteiger partial charge is 0.467 e. The van der Waals surface area contributed by atoms with Crippen LogP contribution in [0.1, 0.15) is 26.2 Å². The Hall–Kier alpha value is -1.26. The normalized spacial score (nSPS) is 25.1. The third-order valence-electron chi connectivity index (χ3n) is 2.83. The van der Waals surface area contributed by atoms with Gasteiger partial charge in [-0.15, -0.1) is 0 Å². The van der Waals surface area contributed by atoms with Crippen LogP contribution in [0.5, 0.6) is 0 Å². The third-order valence-corrected chi connectivity index (χ3v) is 2.83. The Balaban J connectivity index is 2.80. The lowest BCUT2D eigenvalue weighted by molar-refractivity contribution is -0.145. The maximum Gasteiger partial charge on any atom is 0.410 e. The molecule has 86 valence electrons. The lowest BCUT2D eigenvalue weighted by Gasteiger charge is -2.26. The van der Waals surface area contributed by atoms with E-state index in [1.54, 1.807) is 0 Å². The van der Waals surface area contributed by atoms with Gasteiger partial charge in [0, 0.05) is 6.04 Å². The van der Waals surface area contributed by atoms with Gasteiger partial charge in [-0.25, -0.2) is 9.59 Å². The topological polar surface area (TPSA) is 55.8 Å². The number of carbonyl (C=O) groups is 2. The zero-order chi connectivity index (χ0) is 11.4. The summed E-state index contributed by atoms with van der Waals surface area (Å²) in [5.74, 6) is -0.364. The quantitative estimate of drug-likeness (QED) is 0.649. The second-order valence-electron chi connectivity index (χ2n) is 3.56. The fraction of sp³-hybridized carbons (Fsp3) is 0.800. The summed E-state index contributed by atoms with van der Waals surface area (Å²) in [6, 6.07) is -0.394. The molecule has 0 aromatic rings. The number of ether oxygens (including phenoxy) is 2. The minimum Gasteiger partial charge on any atom is -0.467 e. The van der Waals surface area contributed by atoms with E-state index in [0.717, 1.165) is 12.8 Å².